The minimum Gasteiger partial charge on any atom is -0.357 e. The first kappa shape index (κ1) is 18.2. The predicted octanol–water partition coefficient (Wildman–Crippen LogP) is 3.34. The number of hydrogen-bond donors (Lipinski definition) is 1. The van der Waals surface area contributed by atoms with Gasteiger partial charge in [0.2, 0.25) is 11.8 Å². The molecule has 26 heavy (non-hydrogen) atoms. The maximum absolute atomic E-state index is 13.1. The maximum atomic E-state index is 13.1. The van der Waals surface area contributed by atoms with E-state index in [0.717, 1.165) is 30.4 Å². The molecule has 1 heterocycles. The number of carbonyl (C=O) groups excluding carboxylic acids is 2. The first-order valence-corrected chi connectivity index (χ1v) is 9.31. The van der Waals surface area contributed by atoms with E-state index < -0.39 is 0 Å². The van der Waals surface area contributed by atoms with Crippen molar-refractivity contribution in [1.82, 2.24) is 10.2 Å². The van der Waals surface area contributed by atoms with Crippen LogP contribution in [-0.4, -0.2) is 36.3 Å². The molecule has 1 fully saturated rings. The van der Waals surface area contributed by atoms with Crippen molar-refractivity contribution in [2.45, 2.75) is 37.6 Å². The standard InChI is InChI=1S/C22H26N2O2/c1-23-22(26)20-14-8-9-15-24(20)21(25)16-19(17-10-4-2-5-11-17)18-12-6-3-7-13-18/h2-7,10-13,19-20H,8-9,14-16H2,1H3,(H,23,26). The summed E-state index contributed by atoms with van der Waals surface area (Å²) in [7, 11) is 1.64. The average Bonchev–Trinajstić information content (AvgIpc) is 2.72. The molecule has 136 valence electrons. The lowest BCUT2D eigenvalue weighted by atomic mass is 9.87. The van der Waals surface area contributed by atoms with E-state index in [9.17, 15) is 9.59 Å². The molecule has 3 rings (SSSR count). The Morgan fingerprint density at radius 2 is 1.58 bits per heavy atom. The quantitative estimate of drug-likeness (QED) is 0.899. The summed E-state index contributed by atoms with van der Waals surface area (Å²) in [6.07, 6.45) is 3.07. The van der Waals surface area contributed by atoms with Crippen LogP contribution in [0.15, 0.2) is 60.7 Å². The highest BCUT2D eigenvalue weighted by atomic mass is 16.2. The number of nitrogens with zero attached hydrogens (tertiary/aromatic N) is 1. The summed E-state index contributed by atoms with van der Waals surface area (Å²) in [5.41, 5.74) is 2.25. The van der Waals surface area contributed by atoms with Crippen LogP contribution < -0.4 is 5.32 Å². The largest absolute Gasteiger partial charge is 0.357 e. The molecule has 2 aromatic rings. The molecule has 1 saturated heterocycles. The number of piperidine rings is 1. The normalized spacial score (nSPS) is 17.2. The van der Waals surface area contributed by atoms with E-state index in [-0.39, 0.29) is 23.8 Å². The fourth-order valence-corrected chi connectivity index (χ4v) is 3.76. The van der Waals surface area contributed by atoms with Gasteiger partial charge in [-0.3, -0.25) is 9.59 Å². The van der Waals surface area contributed by atoms with Crippen LogP contribution in [0.2, 0.25) is 0 Å². The van der Waals surface area contributed by atoms with E-state index in [4.69, 9.17) is 0 Å². The van der Waals surface area contributed by atoms with Crippen molar-refractivity contribution in [2.75, 3.05) is 13.6 Å². The molecular weight excluding hydrogens is 324 g/mol. The molecule has 2 amide bonds. The van der Waals surface area contributed by atoms with Crippen LogP contribution in [0.5, 0.6) is 0 Å². The highest BCUT2D eigenvalue weighted by Gasteiger charge is 2.32. The topological polar surface area (TPSA) is 49.4 Å². The molecule has 2 aromatic carbocycles. The summed E-state index contributed by atoms with van der Waals surface area (Å²) >= 11 is 0. The minimum absolute atomic E-state index is 0.00263. The second kappa shape index (κ2) is 8.65. The molecule has 0 saturated carbocycles. The van der Waals surface area contributed by atoms with Gasteiger partial charge < -0.3 is 10.2 Å². The van der Waals surface area contributed by atoms with Crippen molar-refractivity contribution >= 4 is 11.8 Å². The fraction of sp³-hybridized carbons (Fsp3) is 0.364. The van der Waals surface area contributed by atoms with Crippen LogP contribution in [-0.2, 0) is 9.59 Å². The van der Waals surface area contributed by atoms with E-state index in [2.05, 4.69) is 29.6 Å². The Balaban J connectivity index is 1.84. The van der Waals surface area contributed by atoms with Gasteiger partial charge in [0, 0.05) is 25.9 Å². The van der Waals surface area contributed by atoms with E-state index in [0.29, 0.717) is 13.0 Å². The lowest BCUT2D eigenvalue weighted by molar-refractivity contribution is -0.142. The van der Waals surface area contributed by atoms with Gasteiger partial charge in [-0.15, -0.1) is 0 Å². The van der Waals surface area contributed by atoms with Gasteiger partial charge in [0.05, 0.1) is 0 Å². The Labute approximate surface area is 155 Å². The first-order chi connectivity index (χ1) is 12.7. The van der Waals surface area contributed by atoms with Crippen LogP contribution in [0.4, 0.5) is 0 Å². The zero-order chi connectivity index (χ0) is 18.4. The van der Waals surface area contributed by atoms with Gasteiger partial charge in [-0.05, 0) is 30.4 Å². The molecule has 1 aliphatic heterocycles. The Kier molecular flexibility index (Phi) is 6.05. The summed E-state index contributed by atoms with van der Waals surface area (Å²) in [6, 6.07) is 19.9. The molecule has 0 bridgehead atoms. The highest BCUT2D eigenvalue weighted by molar-refractivity contribution is 5.88. The SMILES string of the molecule is CNC(=O)C1CCCCN1C(=O)CC(c1ccccc1)c1ccccc1. The third kappa shape index (κ3) is 4.13. The molecular formula is C22H26N2O2. The van der Waals surface area contributed by atoms with Crippen LogP contribution >= 0.6 is 0 Å². The van der Waals surface area contributed by atoms with Crippen LogP contribution in [0.1, 0.15) is 42.7 Å². The number of amides is 2. The van der Waals surface area contributed by atoms with Crippen molar-refractivity contribution in [3.8, 4) is 0 Å². The molecule has 0 aliphatic carbocycles. The zero-order valence-corrected chi connectivity index (χ0v) is 15.2. The number of benzene rings is 2. The Hall–Kier alpha value is -2.62. The van der Waals surface area contributed by atoms with Gasteiger partial charge in [0.25, 0.3) is 0 Å². The molecule has 1 unspecified atom stereocenters. The summed E-state index contributed by atoms with van der Waals surface area (Å²) < 4.78 is 0. The van der Waals surface area contributed by atoms with Crippen LogP contribution in [0, 0.1) is 0 Å². The van der Waals surface area contributed by atoms with E-state index in [1.807, 2.05) is 36.4 Å². The third-order valence-electron chi connectivity index (χ3n) is 5.15. The highest BCUT2D eigenvalue weighted by Crippen LogP contribution is 2.30. The van der Waals surface area contributed by atoms with Gasteiger partial charge >= 0.3 is 0 Å². The van der Waals surface area contributed by atoms with E-state index >= 15 is 0 Å². The van der Waals surface area contributed by atoms with Gasteiger partial charge in [-0.2, -0.15) is 0 Å². The molecule has 1 N–H and O–H groups in total. The second-order valence-corrected chi connectivity index (χ2v) is 6.79. The molecule has 1 aliphatic rings. The summed E-state index contributed by atoms with van der Waals surface area (Å²) in [6.45, 7) is 0.660. The lowest BCUT2D eigenvalue weighted by Gasteiger charge is -2.35. The molecule has 0 spiro atoms. The van der Waals surface area contributed by atoms with Crippen molar-refractivity contribution in [2.24, 2.45) is 0 Å². The third-order valence-corrected chi connectivity index (χ3v) is 5.15. The molecule has 0 radical (unpaired) electrons. The van der Waals surface area contributed by atoms with Crippen molar-refractivity contribution < 1.29 is 9.59 Å². The minimum atomic E-state index is -0.339. The zero-order valence-electron chi connectivity index (χ0n) is 15.2. The van der Waals surface area contributed by atoms with Crippen LogP contribution in [0.25, 0.3) is 0 Å². The van der Waals surface area contributed by atoms with E-state index in [1.54, 1.807) is 11.9 Å². The summed E-state index contributed by atoms with van der Waals surface area (Å²) in [5, 5.41) is 2.70. The van der Waals surface area contributed by atoms with Crippen molar-refractivity contribution in [3.63, 3.8) is 0 Å². The Morgan fingerprint density at radius 3 is 2.12 bits per heavy atom. The maximum Gasteiger partial charge on any atom is 0.242 e. The van der Waals surface area contributed by atoms with Crippen LogP contribution in [0.3, 0.4) is 0 Å². The molecule has 1 atom stereocenters. The molecule has 0 aromatic heterocycles. The molecule has 4 nitrogen and oxygen atoms in total. The van der Waals surface area contributed by atoms with Crippen molar-refractivity contribution in [3.05, 3.63) is 71.8 Å². The fourth-order valence-electron chi connectivity index (χ4n) is 3.76. The lowest BCUT2D eigenvalue weighted by Crippen LogP contribution is -2.51. The molecule has 4 heteroatoms. The van der Waals surface area contributed by atoms with Gasteiger partial charge in [-0.25, -0.2) is 0 Å². The Morgan fingerprint density at radius 1 is 1.00 bits per heavy atom. The van der Waals surface area contributed by atoms with Crippen molar-refractivity contribution in [1.29, 1.82) is 0 Å². The summed E-state index contributed by atoms with van der Waals surface area (Å²) in [4.78, 5) is 27.1. The number of rotatable bonds is 5. The number of nitrogens with one attached hydrogen (secondary N) is 1. The number of carbonyl (C=O) groups is 2. The Bertz CT molecular complexity index is 691. The first-order valence-electron chi connectivity index (χ1n) is 9.31. The van der Waals surface area contributed by atoms with Gasteiger partial charge in [-0.1, -0.05) is 60.7 Å². The summed E-state index contributed by atoms with van der Waals surface area (Å²) in [5.74, 6) is -0.0119. The van der Waals surface area contributed by atoms with E-state index in [1.165, 1.54) is 0 Å². The number of likely N-dealkylation sites (N-methyl/N-ethyl adjacent to an activating group) is 1. The monoisotopic (exact) mass is 350 g/mol. The number of likely N-dealkylation sites (tertiary alicyclic amines) is 1. The van der Waals surface area contributed by atoms with Gasteiger partial charge in [0.1, 0.15) is 6.04 Å². The number of hydrogen-bond acceptors (Lipinski definition) is 2. The van der Waals surface area contributed by atoms with Gasteiger partial charge in [0.15, 0.2) is 0 Å². The average molecular weight is 350 g/mol. The smallest absolute Gasteiger partial charge is 0.242 e. The second-order valence-electron chi connectivity index (χ2n) is 6.79. The predicted molar refractivity (Wildman–Crippen MR) is 103 cm³/mol.